The molecule has 0 aliphatic carbocycles. The van der Waals surface area contributed by atoms with E-state index in [1.807, 2.05) is 18.2 Å². The number of hydrogen-bond acceptors (Lipinski definition) is 5. The lowest BCUT2D eigenvalue weighted by atomic mass is 10.2. The van der Waals surface area contributed by atoms with Crippen molar-refractivity contribution in [2.75, 3.05) is 26.3 Å². The lowest BCUT2D eigenvalue weighted by Crippen LogP contribution is -2.44. The Kier molecular flexibility index (Phi) is 5.40. The summed E-state index contributed by atoms with van der Waals surface area (Å²) in [5, 5.41) is 10.6. The van der Waals surface area contributed by atoms with Crippen molar-refractivity contribution in [2.45, 2.75) is 12.6 Å². The molecular formula is C18H20N2O4. The van der Waals surface area contributed by atoms with Crippen molar-refractivity contribution in [1.82, 2.24) is 4.90 Å². The molecule has 1 saturated heterocycles. The SMILES string of the molecule is O=[N+]([O-])c1ccc(OC[C@H]2CN(Cc3ccccc3)CCO2)cc1. The Labute approximate surface area is 140 Å². The molecule has 3 rings (SSSR count). The van der Waals surface area contributed by atoms with Gasteiger partial charge in [0.2, 0.25) is 0 Å². The maximum atomic E-state index is 10.6. The summed E-state index contributed by atoms with van der Waals surface area (Å²) in [5.74, 6) is 0.615. The molecule has 0 radical (unpaired) electrons. The molecule has 0 aromatic heterocycles. The predicted octanol–water partition coefficient (Wildman–Crippen LogP) is 2.87. The molecular weight excluding hydrogens is 308 g/mol. The zero-order valence-corrected chi connectivity index (χ0v) is 13.3. The minimum atomic E-state index is -0.421. The minimum absolute atomic E-state index is 0.00217. The van der Waals surface area contributed by atoms with Crippen LogP contribution in [0.3, 0.4) is 0 Å². The van der Waals surface area contributed by atoms with Crippen LogP contribution in [-0.2, 0) is 11.3 Å². The topological polar surface area (TPSA) is 64.8 Å². The highest BCUT2D eigenvalue weighted by Gasteiger charge is 2.21. The van der Waals surface area contributed by atoms with E-state index in [9.17, 15) is 10.1 Å². The highest BCUT2D eigenvalue weighted by Crippen LogP contribution is 2.18. The molecule has 0 saturated carbocycles. The third kappa shape index (κ3) is 4.53. The molecule has 1 fully saturated rings. The van der Waals surface area contributed by atoms with E-state index in [4.69, 9.17) is 9.47 Å². The fourth-order valence-electron chi connectivity index (χ4n) is 2.72. The smallest absolute Gasteiger partial charge is 0.269 e. The predicted molar refractivity (Wildman–Crippen MR) is 90.1 cm³/mol. The van der Waals surface area contributed by atoms with E-state index in [-0.39, 0.29) is 11.8 Å². The fourth-order valence-corrected chi connectivity index (χ4v) is 2.72. The zero-order chi connectivity index (χ0) is 16.8. The maximum Gasteiger partial charge on any atom is 0.269 e. The van der Waals surface area contributed by atoms with Gasteiger partial charge >= 0.3 is 0 Å². The van der Waals surface area contributed by atoms with Gasteiger partial charge in [0.25, 0.3) is 5.69 Å². The largest absolute Gasteiger partial charge is 0.491 e. The summed E-state index contributed by atoms with van der Waals surface area (Å²) in [6, 6.07) is 16.5. The molecule has 1 aliphatic heterocycles. The second kappa shape index (κ2) is 7.90. The van der Waals surface area contributed by atoms with E-state index >= 15 is 0 Å². The second-order valence-electron chi connectivity index (χ2n) is 5.78. The van der Waals surface area contributed by atoms with E-state index < -0.39 is 4.92 Å². The Morgan fingerprint density at radius 1 is 1.17 bits per heavy atom. The van der Waals surface area contributed by atoms with Gasteiger partial charge in [-0.25, -0.2) is 0 Å². The molecule has 0 bridgehead atoms. The molecule has 0 unspecified atom stereocenters. The quantitative estimate of drug-likeness (QED) is 0.602. The summed E-state index contributed by atoms with van der Waals surface area (Å²) >= 11 is 0. The third-order valence-corrected chi connectivity index (χ3v) is 3.96. The molecule has 24 heavy (non-hydrogen) atoms. The van der Waals surface area contributed by atoms with E-state index in [2.05, 4.69) is 17.0 Å². The van der Waals surface area contributed by atoms with Crippen molar-refractivity contribution < 1.29 is 14.4 Å². The standard InChI is InChI=1S/C18H20N2O4/c21-20(22)16-6-8-17(9-7-16)24-14-18-13-19(10-11-23-18)12-15-4-2-1-3-5-15/h1-9,18H,10-14H2/t18-/m1/s1. The first-order valence-corrected chi connectivity index (χ1v) is 7.96. The molecule has 0 spiro atoms. The second-order valence-corrected chi connectivity index (χ2v) is 5.78. The molecule has 1 aliphatic rings. The number of benzene rings is 2. The zero-order valence-electron chi connectivity index (χ0n) is 13.3. The molecule has 1 heterocycles. The maximum absolute atomic E-state index is 10.6. The van der Waals surface area contributed by atoms with Crippen LogP contribution in [0.2, 0.25) is 0 Å². The number of ether oxygens (including phenoxy) is 2. The average molecular weight is 328 g/mol. The number of nitrogens with zero attached hydrogens (tertiary/aromatic N) is 2. The lowest BCUT2D eigenvalue weighted by Gasteiger charge is -2.32. The van der Waals surface area contributed by atoms with Crippen molar-refractivity contribution in [2.24, 2.45) is 0 Å². The van der Waals surface area contributed by atoms with Crippen LogP contribution >= 0.6 is 0 Å². The summed E-state index contributed by atoms with van der Waals surface area (Å²) in [6.45, 7) is 3.73. The summed E-state index contributed by atoms with van der Waals surface area (Å²) in [6.07, 6.45) is -0.00217. The van der Waals surface area contributed by atoms with E-state index in [1.165, 1.54) is 17.7 Å². The number of hydrogen-bond donors (Lipinski definition) is 0. The van der Waals surface area contributed by atoms with Crippen molar-refractivity contribution in [3.63, 3.8) is 0 Å². The average Bonchev–Trinajstić information content (AvgIpc) is 2.61. The van der Waals surface area contributed by atoms with Gasteiger partial charge in [0.1, 0.15) is 18.5 Å². The van der Waals surface area contributed by atoms with Gasteiger partial charge in [-0.15, -0.1) is 0 Å². The molecule has 6 nitrogen and oxygen atoms in total. The molecule has 6 heteroatoms. The summed E-state index contributed by atoms with van der Waals surface area (Å²) in [5.41, 5.74) is 1.35. The minimum Gasteiger partial charge on any atom is -0.491 e. The highest BCUT2D eigenvalue weighted by atomic mass is 16.6. The van der Waals surface area contributed by atoms with Crippen LogP contribution in [0.1, 0.15) is 5.56 Å². The third-order valence-electron chi connectivity index (χ3n) is 3.96. The van der Waals surface area contributed by atoms with Crippen LogP contribution in [0.15, 0.2) is 54.6 Å². The van der Waals surface area contributed by atoms with E-state index in [1.54, 1.807) is 12.1 Å². The monoisotopic (exact) mass is 328 g/mol. The van der Waals surface area contributed by atoms with E-state index in [0.717, 1.165) is 19.6 Å². The first kappa shape index (κ1) is 16.4. The van der Waals surface area contributed by atoms with Crippen molar-refractivity contribution in [3.05, 3.63) is 70.3 Å². The van der Waals surface area contributed by atoms with Gasteiger partial charge in [-0.05, 0) is 17.7 Å². The Balaban J connectivity index is 1.49. The number of non-ortho nitro benzene ring substituents is 1. The normalized spacial score (nSPS) is 18.2. The van der Waals surface area contributed by atoms with Gasteiger partial charge in [-0.3, -0.25) is 15.0 Å². The Morgan fingerprint density at radius 2 is 1.92 bits per heavy atom. The summed E-state index contributed by atoms with van der Waals surface area (Å²) in [4.78, 5) is 12.6. The van der Waals surface area contributed by atoms with Crippen LogP contribution < -0.4 is 4.74 Å². The van der Waals surface area contributed by atoms with Gasteiger partial charge in [-0.1, -0.05) is 30.3 Å². The van der Waals surface area contributed by atoms with Crippen LogP contribution in [0.4, 0.5) is 5.69 Å². The molecule has 1 atom stereocenters. The van der Waals surface area contributed by atoms with Gasteiger partial charge < -0.3 is 9.47 Å². The summed E-state index contributed by atoms with van der Waals surface area (Å²) in [7, 11) is 0. The molecule has 0 N–H and O–H groups in total. The Hall–Kier alpha value is -2.44. The van der Waals surface area contributed by atoms with Gasteiger partial charge in [0.15, 0.2) is 0 Å². The van der Waals surface area contributed by atoms with Crippen molar-refractivity contribution >= 4 is 5.69 Å². The number of nitro groups is 1. The van der Waals surface area contributed by atoms with Crippen LogP contribution in [0, 0.1) is 10.1 Å². The number of rotatable bonds is 6. The Bertz CT molecular complexity index is 660. The molecule has 0 amide bonds. The summed E-state index contributed by atoms with van der Waals surface area (Å²) < 4.78 is 11.5. The molecule has 126 valence electrons. The molecule has 2 aromatic carbocycles. The van der Waals surface area contributed by atoms with Crippen LogP contribution in [0.5, 0.6) is 5.75 Å². The number of morpholine rings is 1. The van der Waals surface area contributed by atoms with Gasteiger partial charge in [-0.2, -0.15) is 0 Å². The highest BCUT2D eigenvalue weighted by molar-refractivity contribution is 5.35. The lowest BCUT2D eigenvalue weighted by molar-refractivity contribution is -0.384. The van der Waals surface area contributed by atoms with Crippen LogP contribution in [0.25, 0.3) is 0 Å². The molecule has 2 aromatic rings. The number of nitro benzene ring substituents is 1. The van der Waals surface area contributed by atoms with Crippen molar-refractivity contribution in [1.29, 1.82) is 0 Å². The first-order valence-electron chi connectivity index (χ1n) is 7.96. The first-order chi connectivity index (χ1) is 11.7. The fraction of sp³-hybridized carbons (Fsp3) is 0.333. The van der Waals surface area contributed by atoms with Gasteiger partial charge in [0, 0.05) is 31.8 Å². The van der Waals surface area contributed by atoms with Crippen LogP contribution in [-0.4, -0.2) is 42.2 Å². The van der Waals surface area contributed by atoms with E-state index in [0.29, 0.717) is 19.0 Å². The van der Waals surface area contributed by atoms with Gasteiger partial charge in [0.05, 0.1) is 11.5 Å². The van der Waals surface area contributed by atoms with Crippen molar-refractivity contribution in [3.8, 4) is 5.75 Å². The Morgan fingerprint density at radius 3 is 2.62 bits per heavy atom.